The van der Waals surface area contributed by atoms with Gasteiger partial charge in [-0.2, -0.15) is 4.98 Å². The molecular weight excluding hydrogens is 252 g/mol. The van der Waals surface area contributed by atoms with Crippen LogP contribution in [0, 0.1) is 0 Å². The topological polar surface area (TPSA) is 68.2 Å². The van der Waals surface area contributed by atoms with E-state index in [1.807, 2.05) is 0 Å². The first kappa shape index (κ1) is 15.4. The Morgan fingerprint density at radius 3 is 2.75 bits per heavy atom. The summed E-state index contributed by atoms with van der Waals surface area (Å²) >= 11 is 0. The predicted octanol–water partition coefficient (Wildman–Crippen LogP) is 2.11. The summed E-state index contributed by atoms with van der Waals surface area (Å²) in [5, 5.41) is 4.14. The van der Waals surface area contributed by atoms with E-state index in [1.54, 1.807) is 0 Å². The van der Waals surface area contributed by atoms with Gasteiger partial charge in [-0.05, 0) is 32.9 Å². The second-order valence-corrected chi connectivity index (χ2v) is 6.06. The third-order valence-corrected chi connectivity index (χ3v) is 4.78. The maximum atomic E-state index is 6.28. The number of nitrogens with zero attached hydrogens (tertiary/aromatic N) is 3. The molecule has 1 saturated carbocycles. The molecule has 2 unspecified atom stereocenters. The molecule has 2 atom stereocenters. The van der Waals surface area contributed by atoms with Crippen LogP contribution in [-0.2, 0) is 11.8 Å². The van der Waals surface area contributed by atoms with Crippen LogP contribution in [0.1, 0.15) is 58.2 Å². The number of rotatable bonds is 6. The molecule has 0 spiro atoms. The molecule has 1 aromatic rings. The van der Waals surface area contributed by atoms with Crippen LogP contribution in [0.2, 0.25) is 0 Å². The molecule has 20 heavy (non-hydrogen) atoms. The van der Waals surface area contributed by atoms with Crippen molar-refractivity contribution in [3.05, 3.63) is 11.7 Å². The highest BCUT2D eigenvalue weighted by atomic mass is 16.5. The number of aromatic nitrogens is 2. The fraction of sp³-hybridized carbons (Fsp3) is 0.867. The standard InChI is InChI=1S/C15H28N4O/c1-4-19(5-2)11-9-13-17-14(20-18-13)15(3)10-7-6-8-12(15)16/h12H,4-11,16H2,1-3H3. The fourth-order valence-corrected chi connectivity index (χ4v) is 3.01. The van der Waals surface area contributed by atoms with Crippen molar-refractivity contribution in [3.63, 3.8) is 0 Å². The number of nitrogens with two attached hydrogens (primary N) is 1. The molecule has 1 heterocycles. The minimum atomic E-state index is -0.140. The first-order valence-electron chi connectivity index (χ1n) is 7.91. The monoisotopic (exact) mass is 280 g/mol. The van der Waals surface area contributed by atoms with Gasteiger partial charge in [0.1, 0.15) is 0 Å². The number of hydrogen-bond donors (Lipinski definition) is 1. The van der Waals surface area contributed by atoms with E-state index in [4.69, 9.17) is 10.3 Å². The highest BCUT2D eigenvalue weighted by Gasteiger charge is 2.40. The first-order chi connectivity index (χ1) is 9.60. The van der Waals surface area contributed by atoms with E-state index >= 15 is 0 Å². The van der Waals surface area contributed by atoms with Crippen molar-refractivity contribution in [1.29, 1.82) is 0 Å². The number of hydrogen-bond acceptors (Lipinski definition) is 5. The molecule has 1 fully saturated rings. The molecular formula is C15H28N4O. The minimum absolute atomic E-state index is 0.132. The smallest absolute Gasteiger partial charge is 0.234 e. The Kier molecular flexibility index (Phi) is 5.16. The van der Waals surface area contributed by atoms with Crippen LogP contribution >= 0.6 is 0 Å². The summed E-state index contributed by atoms with van der Waals surface area (Å²) < 4.78 is 5.52. The molecule has 0 amide bonds. The maximum Gasteiger partial charge on any atom is 0.234 e. The predicted molar refractivity (Wildman–Crippen MR) is 79.6 cm³/mol. The van der Waals surface area contributed by atoms with Crippen molar-refractivity contribution in [1.82, 2.24) is 15.0 Å². The zero-order valence-corrected chi connectivity index (χ0v) is 13.1. The van der Waals surface area contributed by atoms with Gasteiger partial charge in [-0.1, -0.05) is 31.8 Å². The Morgan fingerprint density at radius 1 is 1.35 bits per heavy atom. The molecule has 1 aliphatic carbocycles. The molecule has 0 radical (unpaired) electrons. The molecule has 0 aromatic carbocycles. The molecule has 0 bridgehead atoms. The third-order valence-electron chi connectivity index (χ3n) is 4.78. The summed E-state index contributed by atoms with van der Waals surface area (Å²) in [6.45, 7) is 9.61. The zero-order chi connectivity index (χ0) is 14.6. The third kappa shape index (κ3) is 3.20. The van der Waals surface area contributed by atoms with Crippen LogP contribution in [0.15, 0.2) is 4.52 Å². The van der Waals surface area contributed by atoms with E-state index in [9.17, 15) is 0 Å². The largest absolute Gasteiger partial charge is 0.339 e. The summed E-state index contributed by atoms with van der Waals surface area (Å²) in [6, 6.07) is 0.132. The van der Waals surface area contributed by atoms with Gasteiger partial charge in [0.2, 0.25) is 5.89 Å². The average molecular weight is 280 g/mol. The maximum absolute atomic E-state index is 6.28. The molecule has 1 aliphatic rings. The normalized spacial score (nSPS) is 27.1. The molecule has 2 rings (SSSR count). The van der Waals surface area contributed by atoms with Gasteiger partial charge >= 0.3 is 0 Å². The molecule has 0 saturated heterocycles. The van der Waals surface area contributed by atoms with Crippen molar-refractivity contribution >= 4 is 0 Å². The first-order valence-corrected chi connectivity index (χ1v) is 7.91. The lowest BCUT2D eigenvalue weighted by Gasteiger charge is -2.35. The van der Waals surface area contributed by atoms with E-state index in [1.165, 1.54) is 12.8 Å². The summed E-state index contributed by atoms with van der Waals surface area (Å²) in [4.78, 5) is 6.98. The van der Waals surface area contributed by atoms with Crippen molar-refractivity contribution in [2.75, 3.05) is 19.6 Å². The summed E-state index contributed by atoms with van der Waals surface area (Å²) in [6.07, 6.45) is 5.34. The summed E-state index contributed by atoms with van der Waals surface area (Å²) in [7, 11) is 0. The minimum Gasteiger partial charge on any atom is -0.339 e. The average Bonchev–Trinajstić information content (AvgIpc) is 2.93. The Labute approximate surface area is 121 Å². The quantitative estimate of drug-likeness (QED) is 0.864. The van der Waals surface area contributed by atoms with Crippen molar-refractivity contribution in [3.8, 4) is 0 Å². The molecule has 1 aromatic heterocycles. The lowest BCUT2D eigenvalue weighted by Crippen LogP contribution is -2.45. The second-order valence-electron chi connectivity index (χ2n) is 6.06. The highest BCUT2D eigenvalue weighted by molar-refractivity contribution is 5.10. The van der Waals surface area contributed by atoms with Crippen molar-refractivity contribution < 1.29 is 4.52 Å². The summed E-state index contributed by atoms with van der Waals surface area (Å²) in [5.41, 5.74) is 6.14. The van der Waals surface area contributed by atoms with Gasteiger partial charge in [-0.3, -0.25) is 0 Å². The number of likely N-dealkylation sites (N-methyl/N-ethyl adjacent to an activating group) is 1. The fourth-order valence-electron chi connectivity index (χ4n) is 3.01. The Balaban J connectivity index is 2.01. The van der Waals surface area contributed by atoms with E-state index in [0.29, 0.717) is 0 Å². The zero-order valence-electron chi connectivity index (χ0n) is 13.1. The Bertz CT molecular complexity index is 416. The van der Waals surface area contributed by atoms with Gasteiger partial charge in [0.25, 0.3) is 0 Å². The SMILES string of the molecule is CCN(CC)CCc1noc(C2(C)CCCCC2N)n1. The van der Waals surface area contributed by atoms with E-state index in [0.717, 1.165) is 50.6 Å². The van der Waals surface area contributed by atoms with Crippen molar-refractivity contribution in [2.45, 2.75) is 64.3 Å². The molecule has 114 valence electrons. The lowest BCUT2D eigenvalue weighted by molar-refractivity contribution is 0.202. The Morgan fingerprint density at radius 2 is 2.10 bits per heavy atom. The molecule has 5 heteroatoms. The summed E-state index contributed by atoms with van der Waals surface area (Å²) in [5.74, 6) is 1.55. The van der Waals surface area contributed by atoms with Crippen molar-refractivity contribution in [2.24, 2.45) is 5.73 Å². The van der Waals surface area contributed by atoms with Gasteiger partial charge in [0.05, 0.1) is 5.41 Å². The molecule has 2 N–H and O–H groups in total. The van der Waals surface area contributed by atoms with Crippen LogP contribution in [0.5, 0.6) is 0 Å². The highest BCUT2D eigenvalue weighted by Crippen LogP contribution is 2.37. The van der Waals surface area contributed by atoms with Gasteiger partial charge in [0.15, 0.2) is 5.82 Å². The van der Waals surface area contributed by atoms with Crippen LogP contribution in [0.4, 0.5) is 0 Å². The van der Waals surface area contributed by atoms with Gasteiger partial charge in [-0.15, -0.1) is 0 Å². The molecule has 5 nitrogen and oxygen atoms in total. The second kappa shape index (κ2) is 6.68. The van der Waals surface area contributed by atoms with Gasteiger partial charge in [-0.25, -0.2) is 0 Å². The van der Waals surface area contributed by atoms with Crippen LogP contribution in [0.25, 0.3) is 0 Å². The van der Waals surface area contributed by atoms with Gasteiger partial charge in [0, 0.05) is 19.0 Å². The molecule has 0 aliphatic heterocycles. The lowest BCUT2D eigenvalue weighted by atomic mass is 9.72. The van der Waals surface area contributed by atoms with Crippen LogP contribution in [0.3, 0.4) is 0 Å². The van der Waals surface area contributed by atoms with E-state index in [2.05, 4.69) is 35.8 Å². The van der Waals surface area contributed by atoms with Crippen LogP contribution < -0.4 is 5.73 Å². The Hall–Kier alpha value is -0.940. The van der Waals surface area contributed by atoms with E-state index in [-0.39, 0.29) is 11.5 Å². The van der Waals surface area contributed by atoms with Gasteiger partial charge < -0.3 is 15.2 Å². The van der Waals surface area contributed by atoms with E-state index < -0.39 is 0 Å². The van der Waals surface area contributed by atoms with Crippen LogP contribution in [-0.4, -0.2) is 40.7 Å².